The van der Waals surface area contributed by atoms with Crippen molar-refractivity contribution in [2.24, 2.45) is 5.92 Å². The maximum absolute atomic E-state index is 13.6. The highest BCUT2D eigenvalue weighted by molar-refractivity contribution is 8.13. The van der Waals surface area contributed by atoms with E-state index < -0.39 is 6.04 Å². The summed E-state index contributed by atoms with van der Waals surface area (Å²) in [7, 11) is 3.07. The summed E-state index contributed by atoms with van der Waals surface area (Å²) in [6.07, 6.45) is 1.24. The Labute approximate surface area is 237 Å². The van der Waals surface area contributed by atoms with E-state index in [0.717, 1.165) is 11.8 Å². The number of ether oxygens (including phenoxy) is 2. The van der Waals surface area contributed by atoms with Crippen LogP contribution in [-0.2, 0) is 19.2 Å². The normalized spacial score (nSPS) is 18.0. The number of methoxy groups -OCH3 is 2. The topological polar surface area (TPSA) is 134 Å². The molecule has 2 fully saturated rings. The molecule has 2 aliphatic rings. The Kier molecular flexibility index (Phi) is 9.33. The van der Waals surface area contributed by atoms with Crippen LogP contribution in [0, 0.1) is 5.92 Å². The van der Waals surface area contributed by atoms with Crippen molar-refractivity contribution in [3.8, 4) is 11.5 Å². The van der Waals surface area contributed by atoms with Crippen LogP contribution in [0.5, 0.6) is 11.5 Å². The van der Waals surface area contributed by atoms with Gasteiger partial charge < -0.3 is 29.5 Å². The number of hydrogen-bond acceptors (Lipinski definition) is 10. The fourth-order valence-corrected chi connectivity index (χ4v) is 5.63. The van der Waals surface area contributed by atoms with Crippen LogP contribution >= 0.6 is 11.8 Å². The lowest BCUT2D eigenvalue weighted by atomic mass is 10.1. The van der Waals surface area contributed by atoms with Crippen molar-refractivity contribution in [3.05, 3.63) is 12.1 Å². The molecule has 1 N–H and O–H groups in total. The van der Waals surface area contributed by atoms with Crippen LogP contribution in [0.25, 0.3) is 10.9 Å². The van der Waals surface area contributed by atoms with Gasteiger partial charge in [0.15, 0.2) is 16.6 Å². The van der Waals surface area contributed by atoms with Gasteiger partial charge in [-0.1, -0.05) is 18.7 Å². The molecule has 2 unspecified atom stereocenters. The minimum atomic E-state index is -0.648. The SMILES string of the molecule is COc1cc2nc(N3CCN(C(C)=O)CC3)nc(NC(=O)C3CCCN3C(=O)C(C)CSC(C)=O)c2cc1OC. The first kappa shape index (κ1) is 29.4. The smallest absolute Gasteiger partial charge is 0.248 e. The highest BCUT2D eigenvalue weighted by atomic mass is 32.2. The minimum absolute atomic E-state index is 0.0220. The number of rotatable bonds is 8. The van der Waals surface area contributed by atoms with Crippen LogP contribution in [0.15, 0.2) is 12.1 Å². The second kappa shape index (κ2) is 12.7. The highest BCUT2D eigenvalue weighted by Crippen LogP contribution is 2.35. The molecule has 12 nitrogen and oxygen atoms in total. The number of amides is 3. The van der Waals surface area contributed by atoms with Gasteiger partial charge in [-0.3, -0.25) is 19.2 Å². The molecule has 2 atom stereocenters. The molecule has 2 aliphatic heterocycles. The van der Waals surface area contributed by atoms with Crippen molar-refractivity contribution in [3.63, 3.8) is 0 Å². The molecule has 216 valence electrons. The zero-order valence-corrected chi connectivity index (χ0v) is 24.4. The lowest BCUT2D eigenvalue weighted by Crippen LogP contribution is -2.48. The van der Waals surface area contributed by atoms with Crippen molar-refractivity contribution in [2.75, 3.05) is 62.9 Å². The molecule has 0 aliphatic carbocycles. The lowest BCUT2D eigenvalue weighted by Gasteiger charge is -2.34. The molecule has 2 aromatic rings. The Morgan fingerprint density at radius 2 is 1.70 bits per heavy atom. The van der Waals surface area contributed by atoms with Crippen LogP contribution < -0.4 is 19.7 Å². The Bertz CT molecular complexity index is 1300. The van der Waals surface area contributed by atoms with Gasteiger partial charge >= 0.3 is 0 Å². The number of thioether (sulfide) groups is 1. The van der Waals surface area contributed by atoms with E-state index in [1.54, 1.807) is 35.8 Å². The van der Waals surface area contributed by atoms with Gasteiger partial charge in [-0.15, -0.1) is 0 Å². The first-order chi connectivity index (χ1) is 19.1. The number of likely N-dealkylation sites (tertiary alicyclic amines) is 1. The number of aromatic nitrogens is 2. The van der Waals surface area contributed by atoms with E-state index in [-0.39, 0.29) is 28.8 Å². The first-order valence-corrected chi connectivity index (χ1v) is 14.3. The van der Waals surface area contributed by atoms with Gasteiger partial charge in [-0.05, 0) is 18.9 Å². The number of nitrogens with zero attached hydrogens (tertiary/aromatic N) is 5. The van der Waals surface area contributed by atoms with E-state index in [4.69, 9.17) is 19.4 Å². The van der Waals surface area contributed by atoms with Crippen molar-refractivity contribution in [2.45, 2.75) is 39.7 Å². The summed E-state index contributed by atoms with van der Waals surface area (Å²) >= 11 is 1.11. The average molecular weight is 573 g/mol. The van der Waals surface area contributed by atoms with Gasteiger partial charge in [-0.25, -0.2) is 4.98 Å². The van der Waals surface area contributed by atoms with Gasteiger partial charge in [0, 0.05) is 69.7 Å². The summed E-state index contributed by atoms with van der Waals surface area (Å²) in [5, 5.41) is 3.49. The first-order valence-electron chi connectivity index (χ1n) is 13.3. The van der Waals surface area contributed by atoms with Gasteiger partial charge in [0.25, 0.3) is 0 Å². The molecule has 0 bridgehead atoms. The molecule has 3 heterocycles. The van der Waals surface area contributed by atoms with Crippen LogP contribution in [0.2, 0.25) is 0 Å². The van der Waals surface area contributed by atoms with Gasteiger partial charge in [-0.2, -0.15) is 4.98 Å². The largest absolute Gasteiger partial charge is 0.493 e. The van der Waals surface area contributed by atoms with E-state index in [1.165, 1.54) is 21.1 Å². The maximum atomic E-state index is 13.6. The molecule has 1 aromatic carbocycles. The van der Waals surface area contributed by atoms with Crippen LogP contribution in [0.1, 0.15) is 33.6 Å². The number of anilines is 2. The molecular formula is C27H36N6O6S. The second-order valence-electron chi connectivity index (χ2n) is 9.97. The third-order valence-corrected chi connectivity index (χ3v) is 8.31. The quantitative estimate of drug-likeness (QED) is 0.501. The van der Waals surface area contributed by atoms with Crippen molar-refractivity contribution < 1.29 is 28.7 Å². The van der Waals surface area contributed by atoms with Crippen molar-refractivity contribution in [1.82, 2.24) is 19.8 Å². The highest BCUT2D eigenvalue weighted by Gasteiger charge is 2.36. The molecule has 3 amide bonds. The summed E-state index contributed by atoms with van der Waals surface area (Å²) in [5.74, 6) is 1.21. The van der Waals surface area contributed by atoms with Crippen molar-refractivity contribution >= 4 is 57.3 Å². The van der Waals surface area contributed by atoms with Crippen molar-refractivity contribution in [1.29, 1.82) is 0 Å². The third kappa shape index (κ3) is 6.40. The fraction of sp³-hybridized carbons (Fsp3) is 0.556. The van der Waals surface area contributed by atoms with Gasteiger partial charge in [0.05, 0.1) is 19.7 Å². The van der Waals surface area contributed by atoms with Crippen LogP contribution in [-0.4, -0.2) is 101 Å². The fourth-order valence-electron chi connectivity index (χ4n) is 5.00. The summed E-state index contributed by atoms with van der Waals surface area (Å²) in [4.78, 5) is 64.8. The number of nitrogens with one attached hydrogen (secondary N) is 1. The Morgan fingerprint density at radius 1 is 1.02 bits per heavy atom. The van der Waals surface area contributed by atoms with Crippen LogP contribution in [0.3, 0.4) is 0 Å². The number of fused-ring (bicyclic) bond motifs is 1. The van der Waals surface area contributed by atoms with Crippen LogP contribution in [0.4, 0.5) is 11.8 Å². The lowest BCUT2D eigenvalue weighted by molar-refractivity contribution is -0.139. The van der Waals surface area contributed by atoms with E-state index in [1.807, 2.05) is 4.90 Å². The van der Waals surface area contributed by atoms with E-state index in [2.05, 4.69) is 5.32 Å². The van der Waals surface area contributed by atoms with Gasteiger partial charge in [0.1, 0.15) is 11.9 Å². The molecule has 40 heavy (non-hydrogen) atoms. The predicted molar refractivity (Wildman–Crippen MR) is 153 cm³/mol. The Morgan fingerprint density at radius 3 is 2.33 bits per heavy atom. The third-order valence-electron chi connectivity index (χ3n) is 7.24. The summed E-state index contributed by atoms with van der Waals surface area (Å²) in [5.41, 5.74) is 0.557. The predicted octanol–water partition coefficient (Wildman–Crippen LogP) is 2.16. The molecule has 0 saturated carbocycles. The molecule has 13 heteroatoms. The summed E-state index contributed by atoms with van der Waals surface area (Å²) < 4.78 is 11.0. The summed E-state index contributed by atoms with van der Waals surface area (Å²) in [6, 6.07) is 2.81. The number of hydrogen-bond donors (Lipinski definition) is 1. The van der Waals surface area contributed by atoms with E-state index in [0.29, 0.717) is 85.5 Å². The maximum Gasteiger partial charge on any atom is 0.248 e. The number of carbonyl (C=O) groups is 4. The standard InChI is InChI=1S/C27H36N6O6S/c1-16(15-40-18(3)35)26(37)33-8-6-7-21(33)25(36)29-24-19-13-22(38-4)23(39-5)14-20(19)28-27(30-24)32-11-9-31(10-12-32)17(2)34/h13-14,16,21H,6-12,15H2,1-5H3,(H,28,29,30,36). The van der Waals surface area contributed by atoms with E-state index in [9.17, 15) is 19.2 Å². The Hall–Kier alpha value is -3.61. The number of carbonyl (C=O) groups excluding carboxylic acids is 4. The second-order valence-corrected chi connectivity index (χ2v) is 11.2. The zero-order valence-electron chi connectivity index (χ0n) is 23.6. The molecular weight excluding hydrogens is 536 g/mol. The molecule has 0 radical (unpaired) electrons. The monoisotopic (exact) mass is 572 g/mol. The Balaban J connectivity index is 1.63. The minimum Gasteiger partial charge on any atom is -0.493 e. The molecule has 0 spiro atoms. The zero-order chi connectivity index (χ0) is 29.0. The molecule has 1 aromatic heterocycles. The number of benzene rings is 1. The number of piperazine rings is 1. The van der Waals surface area contributed by atoms with Gasteiger partial charge in [0.2, 0.25) is 23.7 Å². The average Bonchev–Trinajstić information content (AvgIpc) is 3.45. The summed E-state index contributed by atoms with van der Waals surface area (Å²) in [6.45, 7) is 7.47. The molecule has 2 saturated heterocycles. The van der Waals surface area contributed by atoms with E-state index >= 15 is 0 Å². The molecule has 4 rings (SSSR count).